The summed E-state index contributed by atoms with van der Waals surface area (Å²) in [6, 6.07) is 19.1. The third-order valence-corrected chi connectivity index (χ3v) is 7.71. The lowest BCUT2D eigenvalue weighted by Gasteiger charge is -2.20. The van der Waals surface area contributed by atoms with Crippen LogP contribution >= 0.6 is 11.8 Å². The monoisotopic (exact) mass is 498 g/mol. The normalized spacial score (nSPS) is 15.1. The first-order valence-corrected chi connectivity index (χ1v) is 13.1. The van der Waals surface area contributed by atoms with Crippen LogP contribution in [0.5, 0.6) is 0 Å². The molecular weight excluding hydrogens is 472 g/mol. The second-order valence-corrected chi connectivity index (χ2v) is 10.2. The number of anilines is 2. The Balaban J connectivity index is 1.20. The third-order valence-electron chi connectivity index (χ3n) is 6.69. The van der Waals surface area contributed by atoms with E-state index in [0.717, 1.165) is 36.3 Å². The summed E-state index contributed by atoms with van der Waals surface area (Å²) in [5, 5.41) is 5.80. The quantitative estimate of drug-likeness (QED) is 0.332. The summed E-state index contributed by atoms with van der Waals surface area (Å²) in [5.74, 6) is -0.457. The molecule has 6 nitrogen and oxygen atoms in total. The maximum Gasteiger partial charge on any atom is 0.234 e. The molecule has 3 aromatic rings. The van der Waals surface area contributed by atoms with Gasteiger partial charge in [-0.05, 0) is 43.2 Å². The molecule has 0 aliphatic heterocycles. The van der Waals surface area contributed by atoms with Crippen molar-refractivity contribution in [2.45, 2.75) is 37.0 Å². The Morgan fingerprint density at radius 1 is 0.750 bits per heavy atom. The van der Waals surface area contributed by atoms with E-state index in [9.17, 15) is 19.2 Å². The zero-order valence-corrected chi connectivity index (χ0v) is 20.5. The van der Waals surface area contributed by atoms with E-state index in [1.165, 1.54) is 18.2 Å². The highest BCUT2D eigenvalue weighted by atomic mass is 32.2. The number of hydrogen-bond donors (Lipinski definition) is 2. The standard InChI is InChI=1S/C29H26N2O4S/c32-25(17-36-20-15-13-19(14-16-20)30-29(35)18-7-2-1-3-8-18)31-24-12-6-11-23-26(24)28(34)22-10-5-4-9-21(22)27(23)33/h4-6,9-16,18H,1-3,7-8,17H2,(H,30,35)(H,31,32). The average Bonchev–Trinajstić information content (AvgIpc) is 2.92. The highest BCUT2D eigenvalue weighted by molar-refractivity contribution is 8.00. The second-order valence-electron chi connectivity index (χ2n) is 9.12. The van der Waals surface area contributed by atoms with Gasteiger partial charge in [-0.25, -0.2) is 0 Å². The molecule has 1 fully saturated rings. The topological polar surface area (TPSA) is 92.3 Å². The molecule has 0 saturated heterocycles. The predicted octanol–water partition coefficient (Wildman–Crippen LogP) is 5.71. The molecule has 0 spiro atoms. The van der Waals surface area contributed by atoms with Crippen LogP contribution in [0.1, 0.15) is 63.9 Å². The summed E-state index contributed by atoms with van der Waals surface area (Å²) in [4.78, 5) is 52.0. The summed E-state index contributed by atoms with van der Waals surface area (Å²) >= 11 is 1.35. The van der Waals surface area contributed by atoms with Gasteiger partial charge in [-0.15, -0.1) is 11.8 Å². The van der Waals surface area contributed by atoms with E-state index in [-0.39, 0.29) is 40.6 Å². The SMILES string of the molecule is O=C(CSc1ccc(NC(=O)C2CCCCC2)cc1)Nc1cccc2c1C(=O)c1ccccc1C2=O. The molecule has 0 radical (unpaired) electrons. The first kappa shape index (κ1) is 24.0. The largest absolute Gasteiger partial charge is 0.326 e. The van der Waals surface area contributed by atoms with Crippen LogP contribution in [-0.4, -0.2) is 29.1 Å². The van der Waals surface area contributed by atoms with E-state index in [1.807, 2.05) is 24.3 Å². The van der Waals surface area contributed by atoms with Crippen LogP contribution in [0.15, 0.2) is 71.6 Å². The number of thioether (sulfide) groups is 1. The Morgan fingerprint density at radius 3 is 2.14 bits per heavy atom. The molecule has 182 valence electrons. The number of hydrogen-bond acceptors (Lipinski definition) is 5. The van der Waals surface area contributed by atoms with Crippen LogP contribution in [0.2, 0.25) is 0 Å². The van der Waals surface area contributed by atoms with Crippen LogP contribution in [0.25, 0.3) is 0 Å². The Hall–Kier alpha value is -3.71. The number of carbonyl (C=O) groups is 4. The Kier molecular flexibility index (Phi) is 7.00. The molecular formula is C29H26N2O4S. The van der Waals surface area contributed by atoms with Gasteiger partial charge >= 0.3 is 0 Å². The molecule has 0 bridgehead atoms. The van der Waals surface area contributed by atoms with E-state index < -0.39 is 0 Å². The zero-order chi connectivity index (χ0) is 25.1. The molecule has 0 unspecified atom stereocenters. The van der Waals surface area contributed by atoms with Crippen LogP contribution in [0.4, 0.5) is 11.4 Å². The van der Waals surface area contributed by atoms with Crippen LogP contribution in [0.3, 0.4) is 0 Å². The minimum atomic E-state index is -0.276. The molecule has 5 rings (SSSR count). The maximum absolute atomic E-state index is 13.1. The molecule has 0 atom stereocenters. The first-order valence-electron chi connectivity index (χ1n) is 12.2. The van der Waals surface area contributed by atoms with Gasteiger partial charge in [0.2, 0.25) is 11.8 Å². The highest BCUT2D eigenvalue weighted by Crippen LogP contribution is 2.32. The molecule has 2 N–H and O–H groups in total. The van der Waals surface area contributed by atoms with Gasteiger partial charge in [0.25, 0.3) is 0 Å². The van der Waals surface area contributed by atoms with Gasteiger partial charge in [0.05, 0.1) is 17.0 Å². The predicted molar refractivity (Wildman–Crippen MR) is 141 cm³/mol. The fourth-order valence-electron chi connectivity index (χ4n) is 4.83. The van der Waals surface area contributed by atoms with Crippen molar-refractivity contribution in [3.05, 3.63) is 89.0 Å². The van der Waals surface area contributed by atoms with Crippen LogP contribution in [0, 0.1) is 5.92 Å². The molecule has 0 aromatic heterocycles. The van der Waals surface area contributed by atoms with Crippen molar-refractivity contribution in [1.82, 2.24) is 0 Å². The van der Waals surface area contributed by atoms with Crippen molar-refractivity contribution in [3.8, 4) is 0 Å². The van der Waals surface area contributed by atoms with Crippen molar-refractivity contribution < 1.29 is 19.2 Å². The molecule has 0 heterocycles. The number of nitrogens with one attached hydrogen (secondary N) is 2. The fourth-order valence-corrected chi connectivity index (χ4v) is 5.53. The van der Waals surface area contributed by atoms with Gasteiger partial charge in [-0.1, -0.05) is 55.7 Å². The lowest BCUT2D eigenvalue weighted by atomic mass is 9.83. The van der Waals surface area contributed by atoms with E-state index >= 15 is 0 Å². The van der Waals surface area contributed by atoms with Crippen LogP contribution in [-0.2, 0) is 9.59 Å². The number of benzene rings is 3. The highest BCUT2D eigenvalue weighted by Gasteiger charge is 2.31. The van der Waals surface area contributed by atoms with Gasteiger partial charge in [-0.3, -0.25) is 19.2 Å². The van der Waals surface area contributed by atoms with Crippen LogP contribution < -0.4 is 10.6 Å². The summed E-state index contributed by atoms with van der Waals surface area (Å²) in [6.07, 6.45) is 5.33. The van der Waals surface area contributed by atoms with Crippen molar-refractivity contribution in [1.29, 1.82) is 0 Å². The van der Waals surface area contributed by atoms with Gasteiger partial charge in [-0.2, -0.15) is 0 Å². The smallest absolute Gasteiger partial charge is 0.234 e. The molecule has 36 heavy (non-hydrogen) atoms. The molecule has 1 saturated carbocycles. The van der Waals surface area contributed by atoms with Gasteiger partial charge in [0, 0.05) is 33.2 Å². The first-order chi connectivity index (χ1) is 17.5. The summed E-state index contributed by atoms with van der Waals surface area (Å²) < 4.78 is 0. The number of fused-ring (bicyclic) bond motifs is 2. The van der Waals surface area contributed by atoms with Crippen molar-refractivity contribution in [3.63, 3.8) is 0 Å². The fraction of sp³-hybridized carbons (Fsp3) is 0.241. The summed E-state index contributed by atoms with van der Waals surface area (Å²) in [6.45, 7) is 0. The Morgan fingerprint density at radius 2 is 1.42 bits per heavy atom. The van der Waals surface area contributed by atoms with Crippen molar-refractivity contribution >= 4 is 46.5 Å². The minimum absolute atomic E-state index is 0.0799. The third kappa shape index (κ3) is 4.97. The molecule has 2 aliphatic carbocycles. The van der Waals surface area contributed by atoms with Gasteiger partial charge in [0.1, 0.15) is 0 Å². The van der Waals surface area contributed by atoms with Gasteiger partial charge < -0.3 is 10.6 Å². The lowest BCUT2D eigenvalue weighted by Crippen LogP contribution is -2.24. The summed E-state index contributed by atoms with van der Waals surface area (Å²) in [7, 11) is 0. The summed E-state index contributed by atoms with van der Waals surface area (Å²) in [5.41, 5.74) is 2.35. The maximum atomic E-state index is 13.1. The Labute approximate surface area is 213 Å². The van der Waals surface area contributed by atoms with Crippen molar-refractivity contribution in [2.75, 3.05) is 16.4 Å². The minimum Gasteiger partial charge on any atom is -0.326 e. The Bertz CT molecular complexity index is 1340. The van der Waals surface area contributed by atoms with E-state index in [4.69, 9.17) is 0 Å². The van der Waals surface area contributed by atoms with E-state index in [1.54, 1.807) is 42.5 Å². The lowest BCUT2D eigenvalue weighted by molar-refractivity contribution is -0.120. The average molecular weight is 499 g/mol. The molecule has 2 amide bonds. The van der Waals surface area contributed by atoms with Crippen molar-refractivity contribution in [2.24, 2.45) is 5.92 Å². The molecule has 3 aromatic carbocycles. The second kappa shape index (κ2) is 10.5. The number of carbonyl (C=O) groups excluding carboxylic acids is 4. The zero-order valence-electron chi connectivity index (χ0n) is 19.7. The number of rotatable bonds is 6. The van der Waals surface area contributed by atoms with E-state index in [0.29, 0.717) is 22.4 Å². The number of amides is 2. The van der Waals surface area contributed by atoms with Gasteiger partial charge in [0.15, 0.2) is 11.6 Å². The van der Waals surface area contributed by atoms with E-state index in [2.05, 4.69) is 10.6 Å². The number of ketones is 2. The molecule has 2 aliphatic rings. The molecule has 7 heteroatoms.